The van der Waals surface area contributed by atoms with Crippen molar-refractivity contribution in [1.29, 1.82) is 0 Å². The Hall–Kier alpha value is -4.05. The number of Topliss-reactive ketones (excluding diaryl/α,β-unsaturated/α-hetero) is 2. The molecule has 0 amide bonds. The molecule has 290 valence electrons. The summed E-state index contributed by atoms with van der Waals surface area (Å²) in [6, 6.07) is 28.3. The van der Waals surface area contributed by atoms with Crippen molar-refractivity contribution in [1.82, 2.24) is 0 Å². The van der Waals surface area contributed by atoms with E-state index in [9.17, 15) is 49.5 Å². The average molecular weight is 834 g/mol. The monoisotopic (exact) mass is 832 g/mol. The van der Waals surface area contributed by atoms with Crippen LogP contribution in [0, 0.1) is 0 Å². The maximum atomic E-state index is 12.4. The SMILES string of the molecule is C=C(CC(O)C(F)(F)F)C(=O)c1ccc(Cl)cc1.C=C(CS(=O)(=O)c1ccccc1)C(=O)c1ccc(Cl)cc1.C[Si](C)(c1ccccc1)C(O)C(F)(F)F. The number of rotatable bonds is 11. The van der Waals surface area contributed by atoms with Crippen molar-refractivity contribution in [2.45, 2.75) is 48.6 Å². The van der Waals surface area contributed by atoms with E-state index < -0.39 is 65.8 Å². The Kier molecular flexibility index (Phi) is 16.7. The molecule has 0 aliphatic heterocycles. The van der Waals surface area contributed by atoms with E-state index in [1.165, 1.54) is 49.5 Å². The quantitative estimate of drug-likeness (QED) is 0.0677. The van der Waals surface area contributed by atoms with Gasteiger partial charge in [0.05, 0.1) is 10.6 Å². The predicted octanol–water partition coefficient (Wildman–Crippen LogP) is 9.01. The predicted molar refractivity (Wildman–Crippen MR) is 201 cm³/mol. The topological polar surface area (TPSA) is 109 Å². The Morgan fingerprint density at radius 1 is 0.667 bits per heavy atom. The number of halogens is 8. The fourth-order valence-corrected chi connectivity index (χ4v) is 8.26. The number of ketones is 2. The van der Waals surface area contributed by atoms with Gasteiger partial charge in [0.25, 0.3) is 0 Å². The van der Waals surface area contributed by atoms with Crippen LogP contribution in [-0.4, -0.2) is 68.2 Å². The number of aliphatic hydroxyl groups is 2. The molecule has 2 N–H and O–H groups in total. The molecule has 16 heteroatoms. The van der Waals surface area contributed by atoms with Crippen molar-refractivity contribution in [2.24, 2.45) is 0 Å². The van der Waals surface area contributed by atoms with Crippen LogP contribution in [0.1, 0.15) is 27.1 Å². The van der Waals surface area contributed by atoms with Crippen molar-refractivity contribution in [3.05, 3.63) is 155 Å². The third-order valence-electron chi connectivity index (χ3n) is 7.65. The molecule has 0 saturated heterocycles. The molecule has 0 aliphatic carbocycles. The lowest BCUT2D eigenvalue weighted by atomic mass is 10.00. The first-order valence-electron chi connectivity index (χ1n) is 15.7. The number of hydrogen-bond acceptors (Lipinski definition) is 6. The van der Waals surface area contributed by atoms with Crippen LogP contribution >= 0.6 is 23.2 Å². The van der Waals surface area contributed by atoms with Crippen molar-refractivity contribution in [3.63, 3.8) is 0 Å². The van der Waals surface area contributed by atoms with Crippen LogP contribution in [0.2, 0.25) is 23.1 Å². The minimum atomic E-state index is -4.76. The number of carbonyl (C=O) groups excluding carboxylic acids is 2. The zero-order valence-corrected chi connectivity index (χ0v) is 32.2. The molecule has 0 radical (unpaired) electrons. The van der Waals surface area contributed by atoms with Gasteiger partial charge in [-0.3, -0.25) is 9.59 Å². The summed E-state index contributed by atoms with van der Waals surface area (Å²) in [5.74, 6) is -1.44. The van der Waals surface area contributed by atoms with Crippen LogP contribution in [0.4, 0.5) is 26.3 Å². The van der Waals surface area contributed by atoms with E-state index in [-0.39, 0.29) is 21.6 Å². The fourth-order valence-electron chi connectivity index (χ4n) is 4.49. The molecule has 0 saturated carbocycles. The lowest BCUT2D eigenvalue weighted by Crippen LogP contribution is -2.58. The van der Waals surface area contributed by atoms with Gasteiger partial charge in [-0.25, -0.2) is 8.42 Å². The zero-order valence-electron chi connectivity index (χ0n) is 28.8. The van der Waals surface area contributed by atoms with Gasteiger partial charge in [-0.05, 0) is 66.2 Å². The minimum Gasteiger partial charge on any atom is -0.387 e. The van der Waals surface area contributed by atoms with Gasteiger partial charge in [-0.2, -0.15) is 26.3 Å². The van der Waals surface area contributed by atoms with E-state index in [0.717, 1.165) is 0 Å². The molecule has 0 aromatic heterocycles. The second-order valence-corrected chi connectivity index (χ2v) is 19.7. The first kappa shape index (κ1) is 46.1. The first-order valence-corrected chi connectivity index (χ1v) is 21.2. The highest BCUT2D eigenvalue weighted by Crippen LogP contribution is 2.28. The maximum absolute atomic E-state index is 12.4. The van der Waals surface area contributed by atoms with Crippen LogP contribution in [0.5, 0.6) is 0 Å². The van der Waals surface area contributed by atoms with Crippen molar-refractivity contribution in [2.75, 3.05) is 5.75 Å². The Morgan fingerprint density at radius 2 is 1.06 bits per heavy atom. The summed E-state index contributed by atoms with van der Waals surface area (Å²) in [5, 5.41) is 19.7. The standard InChI is InChI=1S/C16H13ClO3S.C12H10ClF3O2.C10H13F3OSi/c1-12(16(18)13-7-9-14(17)10-8-13)11-21(19,20)15-5-3-2-4-6-15;1-7(6-10(17)12(14,15)16)11(18)8-2-4-9(13)5-3-8;1-15(2,9(14)10(11,12)13)8-6-4-3-5-7-8/h2-10H,1,11H2;2-5,10,17H,1,6H2;3-7,9,14H,1-2H3. The van der Waals surface area contributed by atoms with E-state index in [4.69, 9.17) is 28.3 Å². The third-order valence-corrected chi connectivity index (χ3v) is 13.4. The minimum absolute atomic E-state index is 0.0289. The summed E-state index contributed by atoms with van der Waals surface area (Å²) >= 11 is 11.4. The fraction of sp³-hybridized carbons (Fsp3) is 0.211. The Balaban J connectivity index is 0.000000284. The van der Waals surface area contributed by atoms with Crippen LogP contribution in [0.15, 0.2) is 138 Å². The molecule has 0 aliphatic rings. The molecule has 54 heavy (non-hydrogen) atoms. The summed E-state index contributed by atoms with van der Waals surface area (Å²) in [7, 11) is -6.45. The third kappa shape index (κ3) is 14.0. The molecule has 0 bridgehead atoms. The van der Waals surface area contributed by atoms with Crippen LogP contribution in [0.3, 0.4) is 0 Å². The summed E-state index contributed by atoms with van der Waals surface area (Å²) < 4.78 is 98.0. The summed E-state index contributed by atoms with van der Waals surface area (Å²) in [6.07, 6.45) is -12.7. The summed E-state index contributed by atoms with van der Waals surface area (Å²) in [5.41, 5.74) is -1.94. The smallest absolute Gasteiger partial charge is 0.387 e. The number of hydrogen-bond donors (Lipinski definition) is 2. The first-order chi connectivity index (χ1) is 24.9. The van der Waals surface area contributed by atoms with E-state index >= 15 is 0 Å². The van der Waals surface area contributed by atoms with Gasteiger partial charge in [-0.15, -0.1) is 0 Å². The molecular weight excluding hydrogens is 797 g/mol. The summed E-state index contributed by atoms with van der Waals surface area (Å²) in [6.45, 7) is 9.90. The molecule has 2 unspecified atom stereocenters. The lowest BCUT2D eigenvalue weighted by Gasteiger charge is -2.30. The van der Waals surface area contributed by atoms with E-state index in [2.05, 4.69) is 13.2 Å². The molecular formula is C38H36Cl2F6O6SSi. The van der Waals surface area contributed by atoms with E-state index in [1.807, 2.05) is 0 Å². The Labute approximate surface area is 320 Å². The van der Waals surface area contributed by atoms with Crippen LogP contribution in [-0.2, 0) is 9.84 Å². The normalized spacial score (nSPS) is 12.9. The highest BCUT2D eigenvalue weighted by molar-refractivity contribution is 7.91. The second-order valence-electron chi connectivity index (χ2n) is 12.2. The van der Waals surface area contributed by atoms with Crippen molar-refractivity contribution in [3.8, 4) is 0 Å². The summed E-state index contributed by atoms with van der Waals surface area (Å²) in [4.78, 5) is 24.0. The van der Waals surface area contributed by atoms with Gasteiger partial charge in [-0.1, -0.05) is 103 Å². The number of aliphatic hydroxyl groups excluding tert-OH is 2. The highest BCUT2D eigenvalue weighted by atomic mass is 35.5. The molecule has 0 fully saturated rings. The Morgan fingerprint density at radius 3 is 1.44 bits per heavy atom. The van der Waals surface area contributed by atoms with Gasteiger partial charge in [0.15, 0.2) is 27.5 Å². The van der Waals surface area contributed by atoms with Gasteiger partial charge >= 0.3 is 12.4 Å². The number of carbonyl (C=O) groups is 2. The molecule has 0 heterocycles. The van der Waals surface area contributed by atoms with Crippen molar-refractivity contribution < 1.29 is 54.6 Å². The molecule has 4 aromatic rings. The zero-order chi connectivity index (χ0) is 41.1. The Bertz CT molecular complexity index is 1990. The van der Waals surface area contributed by atoms with Gasteiger partial charge < -0.3 is 10.2 Å². The second kappa shape index (κ2) is 19.5. The van der Waals surface area contributed by atoms with E-state index in [0.29, 0.717) is 20.8 Å². The average Bonchev–Trinajstić information content (AvgIpc) is 3.11. The lowest BCUT2D eigenvalue weighted by molar-refractivity contribution is -0.202. The van der Waals surface area contributed by atoms with Gasteiger partial charge in [0.2, 0.25) is 0 Å². The largest absolute Gasteiger partial charge is 0.414 e. The van der Waals surface area contributed by atoms with Gasteiger partial charge in [0.1, 0.15) is 13.8 Å². The van der Waals surface area contributed by atoms with E-state index in [1.54, 1.807) is 72.8 Å². The highest BCUT2D eigenvalue weighted by Gasteiger charge is 2.49. The van der Waals surface area contributed by atoms with Crippen molar-refractivity contribution >= 4 is 57.9 Å². The molecule has 4 rings (SSSR count). The number of benzene rings is 4. The molecule has 6 nitrogen and oxygen atoms in total. The molecule has 0 spiro atoms. The molecule has 2 atom stereocenters. The number of alkyl halides is 6. The molecule has 4 aromatic carbocycles. The number of sulfone groups is 1. The van der Waals surface area contributed by atoms with Crippen LogP contribution < -0.4 is 5.19 Å². The van der Waals surface area contributed by atoms with Crippen LogP contribution in [0.25, 0.3) is 0 Å². The van der Waals surface area contributed by atoms with Gasteiger partial charge in [0, 0.05) is 33.2 Å². The maximum Gasteiger partial charge on any atom is 0.414 e.